The molecule has 5 nitrogen and oxygen atoms in total. The van der Waals surface area contributed by atoms with Crippen molar-refractivity contribution in [2.24, 2.45) is 0 Å². The molecule has 1 fully saturated rings. The molecule has 2 amide bonds. The lowest BCUT2D eigenvalue weighted by Crippen LogP contribution is -2.60. The van der Waals surface area contributed by atoms with Crippen molar-refractivity contribution in [3.63, 3.8) is 0 Å². The molecule has 1 aliphatic rings. The monoisotopic (exact) mass is 200 g/mol. The molecule has 0 aromatic carbocycles. The van der Waals surface area contributed by atoms with Gasteiger partial charge in [-0.05, 0) is 13.8 Å². The van der Waals surface area contributed by atoms with Gasteiger partial charge in [-0.15, -0.1) is 0 Å². The van der Waals surface area contributed by atoms with Crippen molar-refractivity contribution in [1.82, 2.24) is 10.2 Å². The Bertz CT molecular complexity index is 242. The Morgan fingerprint density at radius 2 is 2.29 bits per heavy atom. The summed E-state index contributed by atoms with van der Waals surface area (Å²) in [6.45, 7) is 4.13. The highest BCUT2D eigenvalue weighted by Gasteiger charge is 2.33. The number of methoxy groups -OCH3 is 1. The van der Waals surface area contributed by atoms with Gasteiger partial charge in [-0.2, -0.15) is 0 Å². The minimum atomic E-state index is -0.401. The maximum absolute atomic E-state index is 11.5. The molecule has 1 aliphatic heterocycles. The number of carbonyl (C=O) groups excluding carboxylic acids is 2. The van der Waals surface area contributed by atoms with Gasteiger partial charge in [-0.25, -0.2) is 0 Å². The highest BCUT2D eigenvalue weighted by molar-refractivity contribution is 5.94. The van der Waals surface area contributed by atoms with E-state index in [1.165, 1.54) is 0 Å². The number of nitrogens with zero attached hydrogens (tertiary/aromatic N) is 1. The van der Waals surface area contributed by atoms with E-state index in [-0.39, 0.29) is 24.4 Å². The summed E-state index contributed by atoms with van der Waals surface area (Å²) in [6, 6.07) is -0.463. The van der Waals surface area contributed by atoms with Gasteiger partial charge in [0.15, 0.2) is 0 Å². The topological polar surface area (TPSA) is 58.6 Å². The van der Waals surface area contributed by atoms with Crippen LogP contribution in [0.15, 0.2) is 0 Å². The first kappa shape index (κ1) is 11.0. The minimum absolute atomic E-state index is 0.0540. The van der Waals surface area contributed by atoms with Crippen LogP contribution in [0.2, 0.25) is 0 Å². The van der Waals surface area contributed by atoms with Crippen LogP contribution in [0.25, 0.3) is 0 Å². The quantitative estimate of drug-likeness (QED) is 0.659. The van der Waals surface area contributed by atoms with Crippen LogP contribution in [0.5, 0.6) is 0 Å². The van der Waals surface area contributed by atoms with Gasteiger partial charge in [0.1, 0.15) is 6.04 Å². The van der Waals surface area contributed by atoms with Gasteiger partial charge in [0, 0.05) is 7.11 Å². The van der Waals surface area contributed by atoms with Gasteiger partial charge < -0.3 is 15.0 Å². The van der Waals surface area contributed by atoms with Crippen molar-refractivity contribution in [3.8, 4) is 0 Å². The Morgan fingerprint density at radius 3 is 2.86 bits per heavy atom. The molecule has 2 atom stereocenters. The number of hydrogen-bond acceptors (Lipinski definition) is 3. The second kappa shape index (κ2) is 4.41. The number of hydrogen-bond donors (Lipinski definition) is 1. The summed E-state index contributed by atoms with van der Waals surface area (Å²) in [4.78, 5) is 24.4. The van der Waals surface area contributed by atoms with E-state index in [4.69, 9.17) is 4.74 Å². The molecular weight excluding hydrogens is 184 g/mol. The fourth-order valence-corrected chi connectivity index (χ4v) is 1.69. The van der Waals surface area contributed by atoms with Crippen molar-refractivity contribution in [3.05, 3.63) is 0 Å². The van der Waals surface area contributed by atoms with Crippen LogP contribution in [0.1, 0.15) is 13.8 Å². The zero-order chi connectivity index (χ0) is 10.7. The van der Waals surface area contributed by atoms with E-state index in [0.717, 1.165) is 0 Å². The first-order valence-corrected chi connectivity index (χ1v) is 4.65. The normalized spacial score (nSPS) is 24.8. The van der Waals surface area contributed by atoms with E-state index >= 15 is 0 Å². The molecule has 80 valence electrons. The van der Waals surface area contributed by atoms with Crippen LogP contribution in [0, 0.1) is 0 Å². The Labute approximate surface area is 83.4 Å². The number of carbonyl (C=O) groups is 2. The highest BCUT2D eigenvalue weighted by atomic mass is 16.5. The summed E-state index contributed by atoms with van der Waals surface area (Å²) in [5.74, 6) is -0.158. The third-order valence-electron chi connectivity index (χ3n) is 2.38. The van der Waals surface area contributed by atoms with E-state index in [0.29, 0.717) is 6.61 Å². The van der Waals surface area contributed by atoms with E-state index < -0.39 is 6.04 Å². The molecule has 2 unspecified atom stereocenters. The van der Waals surface area contributed by atoms with Crippen molar-refractivity contribution in [2.75, 3.05) is 20.3 Å². The molecule has 0 spiro atoms. The highest BCUT2D eigenvalue weighted by Crippen LogP contribution is 2.10. The SMILES string of the molecule is COCC(C)N1C(=O)CNC(=O)C1C. The maximum atomic E-state index is 11.5. The largest absolute Gasteiger partial charge is 0.383 e. The Kier molecular flexibility index (Phi) is 3.46. The van der Waals surface area contributed by atoms with Gasteiger partial charge in [0.05, 0.1) is 19.2 Å². The first-order valence-electron chi connectivity index (χ1n) is 4.65. The number of nitrogens with one attached hydrogen (secondary N) is 1. The minimum Gasteiger partial charge on any atom is -0.383 e. The summed E-state index contributed by atoms with van der Waals surface area (Å²) in [6.07, 6.45) is 0. The lowest BCUT2D eigenvalue weighted by molar-refractivity contribution is -0.148. The molecule has 0 bridgehead atoms. The lowest BCUT2D eigenvalue weighted by atomic mass is 10.1. The molecule has 0 radical (unpaired) electrons. The molecule has 1 N–H and O–H groups in total. The van der Waals surface area contributed by atoms with Crippen LogP contribution < -0.4 is 5.32 Å². The second-order valence-electron chi connectivity index (χ2n) is 3.50. The van der Waals surface area contributed by atoms with Crippen LogP contribution in [0.3, 0.4) is 0 Å². The van der Waals surface area contributed by atoms with Crippen molar-refractivity contribution >= 4 is 11.8 Å². The average molecular weight is 200 g/mol. The van der Waals surface area contributed by atoms with Gasteiger partial charge in [0.25, 0.3) is 0 Å². The Balaban J connectivity index is 2.71. The zero-order valence-electron chi connectivity index (χ0n) is 8.74. The average Bonchev–Trinajstić information content (AvgIpc) is 2.13. The molecule has 0 saturated carbocycles. The van der Waals surface area contributed by atoms with Crippen molar-refractivity contribution in [2.45, 2.75) is 25.9 Å². The number of ether oxygens (including phenoxy) is 1. The second-order valence-corrected chi connectivity index (χ2v) is 3.50. The van der Waals surface area contributed by atoms with E-state index in [1.807, 2.05) is 6.92 Å². The number of amides is 2. The van der Waals surface area contributed by atoms with Gasteiger partial charge >= 0.3 is 0 Å². The lowest BCUT2D eigenvalue weighted by Gasteiger charge is -2.36. The molecule has 1 rings (SSSR count). The van der Waals surface area contributed by atoms with E-state index in [9.17, 15) is 9.59 Å². The number of piperazine rings is 1. The van der Waals surface area contributed by atoms with E-state index in [1.54, 1.807) is 18.9 Å². The Hall–Kier alpha value is -1.10. The van der Waals surface area contributed by atoms with Crippen molar-refractivity contribution in [1.29, 1.82) is 0 Å². The van der Waals surface area contributed by atoms with Crippen LogP contribution in [0.4, 0.5) is 0 Å². The maximum Gasteiger partial charge on any atom is 0.242 e. The third kappa shape index (κ3) is 2.04. The fraction of sp³-hybridized carbons (Fsp3) is 0.778. The van der Waals surface area contributed by atoms with Crippen molar-refractivity contribution < 1.29 is 14.3 Å². The molecule has 1 heterocycles. The van der Waals surface area contributed by atoms with Crippen LogP contribution in [-0.2, 0) is 14.3 Å². The standard InChI is InChI=1S/C9H16N2O3/c1-6(5-14-3)11-7(2)9(13)10-4-8(11)12/h6-7H,4-5H2,1-3H3,(H,10,13). The van der Waals surface area contributed by atoms with Crippen LogP contribution >= 0.6 is 0 Å². The van der Waals surface area contributed by atoms with E-state index in [2.05, 4.69) is 5.32 Å². The summed E-state index contributed by atoms with van der Waals surface area (Å²) in [5.41, 5.74) is 0. The van der Waals surface area contributed by atoms with Gasteiger partial charge in [0.2, 0.25) is 11.8 Å². The zero-order valence-corrected chi connectivity index (χ0v) is 8.74. The smallest absolute Gasteiger partial charge is 0.242 e. The predicted octanol–water partition coefficient (Wildman–Crippen LogP) is -0.632. The summed E-state index contributed by atoms with van der Waals surface area (Å²) < 4.78 is 4.96. The summed E-state index contributed by atoms with van der Waals surface area (Å²) in [7, 11) is 1.58. The molecule has 5 heteroatoms. The number of rotatable bonds is 3. The molecule has 14 heavy (non-hydrogen) atoms. The Morgan fingerprint density at radius 1 is 1.64 bits per heavy atom. The third-order valence-corrected chi connectivity index (χ3v) is 2.38. The summed E-state index contributed by atoms with van der Waals surface area (Å²) >= 11 is 0. The molecule has 0 aromatic heterocycles. The molecule has 0 aliphatic carbocycles. The predicted molar refractivity (Wildman–Crippen MR) is 50.7 cm³/mol. The molecular formula is C9H16N2O3. The molecule has 0 aromatic rings. The van der Waals surface area contributed by atoms with Gasteiger partial charge in [-0.1, -0.05) is 0 Å². The van der Waals surface area contributed by atoms with Crippen LogP contribution in [-0.4, -0.2) is 49.1 Å². The molecule has 1 saturated heterocycles. The summed E-state index contributed by atoms with van der Waals surface area (Å²) in [5, 5.41) is 2.54. The van der Waals surface area contributed by atoms with Gasteiger partial charge in [-0.3, -0.25) is 9.59 Å². The first-order chi connectivity index (χ1) is 6.57. The fourth-order valence-electron chi connectivity index (χ4n) is 1.69.